The van der Waals surface area contributed by atoms with Crippen molar-refractivity contribution < 1.29 is 0 Å². The molecule has 0 aromatic carbocycles. The molecule has 0 saturated carbocycles. The highest BCUT2D eigenvalue weighted by atomic mass is 28.3. The van der Waals surface area contributed by atoms with E-state index < -0.39 is 16.1 Å². The smallest absolute Gasteiger partial charge is 0.124 e. The van der Waals surface area contributed by atoms with Crippen molar-refractivity contribution in [3.8, 4) is 34.8 Å². The Kier molecular flexibility index (Phi) is 8.92. The molecule has 0 aromatic rings. The fourth-order valence-corrected chi connectivity index (χ4v) is 8.84. The van der Waals surface area contributed by atoms with E-state index in [2.05, 4.69) is 110 Å². The van der Waals surface area contributed by atoms with Gasteiger partial charge in [-0.05, 0) is 48.2 Å². The molecule has 0 bridgehead atoms. The standard InChI is InChI=1S/C22H36Si2/c1-18(2)22(14-12-13-16-23(9,10)11)15-17-24(19(3)4,20(5)6)21(7)8/h19-21H,1-11H3. The lowest BCUT2D eigenvalue weighted by Crippen LogP contribution is -2.43. The third kappa shape index (κ3) is 6.77. The van der Waals surface area contributed by atoms with Crippen LogP contribution in [0.4, 0.5) is 0 Å². The van der Waals surface area contributed by atoms with Crippen LogP contribution in [0, 0.1) is 34.8 Å². The van der Waals surface area contributed by atoms with Crippen molar-refractivity contribution >= 4 is 16.1 Å². The second-order valence-corrected chi connectivity index (χ2v) is 19.1. The molecule has 0 heterocycles. The molecule has 0 aliphatic rings. The summed E-state index contributed by atoms with van der Waals surface area (Å²) < 4.78 is 0. The molecule has 132 valence electrons. The predicted molar refractivity (Wildman–Crippen MR) is 116 cm³/mol. The molecule has 0 aliphatic heterocycles. The Morgan fingerprint density at radius 3 is 1.46 bits per heavy atom. The van der Waals surface area contributed by atoms with Gasteiger partial charge in [0.25, 0.3) is 0 Å². The highest BCUT2D eigenvalue weighted by molar-refractivity contribution is 6.90. The SMILES string of the molecule is CC(C)=C(C#CC#C[Si](C)(C)C)C#C[Si](C(C)C)(C(C)C)C(C)C. The number of allylic oxidation sites excluding steroid dienone is 2. The fraction of sp³-hybridized carbons (Fsp3) is 0.636. The van der Waals surface area contributed by atoms with Crippen LogP contribution in [-0.4, -0.2) is 16.1 Å². The van der Waals surface area contributed by atoms with E-state index in [4.69, 9.17) is 0 Å². The molecule has 24 heavy (non-hydrogen) atoms. The quantitative estimate of drug-likeness (QED) is 0.404. The van der Waals surface area contributed by atoms with E-state index in [1.54, 1.807) is 0 Å². The second-order valence-electron chi connectivity index (χ2n) is 8.77. The van der Waals surface area contributed by atoms with Crippen LogP contribution in [-0.2, 0) is 0 Å². The summed E-state index contributed by atoms with van der Waals surface area (Å²) in [5.74, 6) is 12.7. The van der Waals surface area contributed by atoms with Crippen molar-refractivity contribution in [1.82, 2.24) is 0 Å². The first-order chi connectivity index (χ1) is 10.8. The molecule has 0 nitrogen and oxygen atoms in total. The maximum atomic E-state index is 3.76. The van der Waals surface area contributed by atoms with Crippen LogP contribution in [0.1, 0.15) is 55.4 Å². The summed E-state index contributed by atoms with van der Waals surface area (Å²) in [5, 5.41) is 0. The molecular weight excluding hydrogens is 320 g/mol. The van der Waals surface area contributed by atoms with Gasteiger partial charge in [0.15, 0.2) is 0 Å². The number of hydrogen-bond donors (Lipinski definition) is 0. The van der Waals surface area contributed by atoms with Crippen molar-refractivity contribution in [2.24, 2.45) is 0 Å². The van der Waals surface area contributed by atoms with Crippen LogP contribution >= 0.6 is 0 Å². The van der Waals surface area contributed by atoms with Crippen LogP contribution in [0.2, 0.25) is 36.3 Å². The molecule has 0 atom stereocenters. The normalized spacial score (nSPS) is 11.2. The minimum Gasteiger partial charge on any atom is -0.124 e. The molecule has 0 radical (unpaired) electrons. The molecule has 0 spiro atoms. The maximum absolute atomic E-state index is 3.76. The lowest BCUT2D eigenvalue weighted by atomic mass is 10.2. The van der Waals surface area contributed by atoms with E-state index >= 15 is 0 Å². The zero-order valence-corrected chi connectivity index (χ0v) is 19.7. The van der Waals surface area contributed by atoms with Crippen LogP contribution < -0.4 is 0 Å². The van der Waals surface area contributed by atoms with Crippen molar-refractivity contribution in [1.29, 1.82) is 0 Å². The summed E-state index contributed by atoms with van der Waals surface area (Å²) in [6, 6.07) is 0. The summed E-state index contributed by atoms with van der Waals surface area (Å²) in [6.07, 6.45) is 0. The minimum atomic E-state index is -1.71. The van der Waals surface area contributed by atoms with Gasteiger partial charge in [-0.2, -0.15) is 0 Å². The lowest BCUT2D eigenvalue weighted by Gasteiger charge is -2.38. The summed E-state index contributed by atoms with van der Waals surface area (Å²) in [4.78, 5) is 0. The van der Waals surface area contributed by atoms with Crippen molar-refractivity contribution in [2.75, 3.05) is 0 Å². The summed E-state index contributed by atoms with van der Waals surface area (Å²) in [7, 11) is -3.06. The van der Waals surface area contributed by atoms with Gasteiger partial charge in [0, 0.05) is 0 Å². The molecule has 0 unspecified atom stereocenters. The Morgan fingerprint density at radius 2 is 1.12 bits per heavy atom. The van der Waals surface area contributed by atoms with Gasteiger partial charge in [0.2, 0.25) is 0 Å². The molecule has 2 heteroatoms. The summed E-state index contributed by atoms with van der Waals surface area (Å²) in [6.45, 7) is 24.9. The lowest BCUT2D eigenvalue weighted by molar-refractivity contribution is 0.838. The minimum absolute atomic E-state index is 0.642. The Labute approximate surface area is 153 Å². The summed E-state index contributed by atoms with van der Waals surface area (Å²) >= 11 is 0. The Morgan fingerprint density at radius 1 is 0.667 bits per heavy atom. The van der Waals surface area contributed by atoms with Gasteiger partial charge in [0.05, 0.1) is 5.57 Å². The molecule has 0 amide bonds. The predicted octanol–water partition coefficient (Wildman–Crippen LogP) is 6.43. The second kappa shape index (κ2) is 9.37. The fourth-order valence-electron chi connectivity index (χ4n) is 3.20. The van der Waals surface area contributed by atoms with Gasteiger partial charge < -0.3 is 0 Å². The average Bonchev–Trinajstić information content (AvgIpc) is 2.38. The Bertz CT molecular complexity index is 610. The first kappa shape index (κ1) is 22.9. The third-order valence-corrected chi connectivity index (χ3v) is 11.6. The third-order valence-electron chi connectivity index (χ3n) is 4.46. The first-order valence-electron chi connectivity index (χ1n) is 9.08. The zero-order chi connectivity index (χ0) is 19.1. The average molecular weight is 357 g/mol. The molecule has 0 N–H and O–H groups in total. The maximum Gasteiger partial charge on any atom is 0.146 e. The van der Waals surface area contributed by atoms with Crippen LogP contribution in [0.5, 0.6) is 0 Å². The molecule has 0 rings (SSSR count). The van der Waals surface area contributed by atoms with Crippen molar-refractivity contribution in [3.63, 3.8) is 0 Å². The molecule has 0 fully saturated rings. The molecule has 0 aliphatic carbocycles. The topological polar surface area (TPSA) is 0 Å². The first-order valence-corrected chi connectivity index (χ1v) is 14.8. The number of rotatable bonds is 3. The van der Waals surface area contributed by atoms with Gasteiger partial charge >= 0.3 is 0 Å². The molecule has 0 saturated heterocycles. The largest absolute Gasteiger partial charge is 0.146 e. The van der Waals surface area contributed by atoms with Gasteiger partial charge in [-0.1, -0.05) is 72.7 Å². The summed E-state index contributed by atoms with van der Waals surface area (Å²) in [5.41, 5.74) is 11.1. The van der Waals surface area contributed by atoms with Gasteiger partial charge in [-0.15, -0.1) is 11.1 Å². The zero-order valence-electron chi connectivity index (χ0n) is 17.7. The van der Waals surface area contributed by atoms with Gasteiger partial charge in [0.1, 0.15) is 16.1 Å². The van der Waals surface area contributed by atoms with Crippen molar-refractivity contribution in [3.05, 3.63) is 11.1 Å². The number of hydrogen-bond acceptors (Lipinski definition) is 0. The van der Waals surface area contributed by atoms with Crippen LogP contribution in [0.3, 0.4) is 0 Å². The van der Waals surface area contributed by atoms with E-state index in [9.17, 15) is 0 Å². The van der Waals surface area contributed by atoms with Gasteiger partial charge in [-0.25, -0.2) is 0 Å². The highest BCUT2D eigenvalue weighted by Crippen LogP contribution is 2.40. The van der Waals surface area contributed by atoms with E-state index in [0.717, 1.165) is 5.57 Å². The van der Waals surface area contributed by atoms with E-state index in [-0.39, 0.29) is 0 Å². The molecular formula is C22H36Si2. The molecule has 0 aromatic heterocycles. The van der Waals surface area contributed by atoms with E-state index in [1.807, 2.05) is 0 Å². The van der Waals surface area contributed by atoms with Crippen LogP contribution in [0.15, 0.2) is 11.1 Å². The van der Waals surface area contributed by atoms with E-state index in [0.29, 0.717) is 16.6 Å². The van der Waals surface area contributed by atoms with E-state index in [1.165, 1.54) is 5.57 Å². The Hall–Kier alpha value is -1.15. The van der Waals surface area contributed by atoms with Gasteiger partial charge in [-0.3, -0.25) is 0 Å². The Balaban J connectivity index is 5.90. The monoisotopic (exact) mass is 356 g/mol. The van der Waals surface area contributed by atoms with Crippen LogP contribution in [0.25, 0.3) is 0 Å². The van der Waals surface area contributed by atoms with Crippen molar-refractivity contribution in [2.45, 2.75) is 91.7 Å². The highest BCUT2D eigenvalue weighted by Gasteiger charge is 2.41.